The van der Waals surface area contributed by atoms with Crippen molar-refractivity contribution in [1.82, 2.24) is 25.8 Å². The zero-order chi connectivity index (χ0) is 20.1. The van der Waals surface area contributed by atoms with Crippen LogP contribution in [0.2, 0.25) is 0 Å². The molecule has 9 nitrogen and oxygen atoms in total. The molecule has 2 heterocycles. The molecular formula is C19H22N6O3. The Balaban J connectivity index is 1.66. The van der Waals surface area contributed by atoms with Crippen LogP contribution < -0.4 is 16.0 Å². The number of carbonyl (C=O) groups is 2. The van der Waals surface area contributed by atoms with Crippen LogP contribution >= 0.6 is 0 Å². The van der Waals surface area contributed by atoms with E-state index in [9.17, 15) is 14.7 Å². The van der Waals surface area contributed by atoms with Crippen LogP contribution in [0.4, 0.5) is 10.6 Å². The van der Waals surface area contributed by atoms with Crippen LogP contribution in [0.5, 0.6) is 0 Å². The van der Waals surface area contributed by atoms with Crippen molar-refractivity contribution >= 4 is 28.7 Å². The van der Waals surface area contributed by atoms with Crippen molar-refractivity contribution in [3.05, 3.63) is 53.9 Å². The Kier molecular flexibility index (Phi) is 5.85. The fraction of sp³-hybridized carbons (Fsp3) is 0.263. The number of urea groups is 1. The number of H-pyrrole nitrogens is 1. The van der Waals surface area contributed by atoms with Crippen LogP contribution in [-0.2, 0) is 0 Å². The Bertz CT molecular complexity index is 970. The van der Waals surface area contributed by atoms with Gasteiger partial charge in [0.2, 0.25) is 0 Å². The van der Waals surface area contributed by atoms with Crippen molar-refractivity contribution < 1.29 is 14.7 Å². The summed E-state index contributed by atoms with van der Waals surface area (Å²) in [6.07, 6.45) is 0.812. The Labute approximate surface area is 161 Å². The molecule has 146 valence electrons. The normalized spacial score (nSPS) is 13.0. The number of anilines is 1. The van der Waals surface area contributed by atoms with Gasteiger partial charge < -0.3 is 15.7 Å². The molecule has 3 amide bonds. The highest BCUT2D eigenvalue weighted by Crippen LogP contribution is 2.18. The number of hydrogen-bond donors (Lipinski definition) is 5. The molecule has 5 N–H and O–H groups in total. The molecule has 0 saturated carbocycles. The molecule has 0 saturated heterocycles. The molecule has 2 atom stereocenters. The SMILES string of the molecule is CC(O)CNC(=O)c1n[nH]c2cc(NC(=O)N[C@H](C)c3ccccc3)ncc12. The first-order chi connectivity index (χ1) is 13.4. The lowest BCUT2D eigenvalue weighted by atomic mass is 10.1. The van der Waals surface area contributed by atoms with E-state index in [1.165, 1.54) is 6.20 Å². The first-order valence-electron chi connectivity index (χ1n) is 8.87. The van der Waals surface area contributed by atoms with E-state index in [4.69, 9.17) is 0 Å². The molecule has 1 aromatic carbocycles. The molecule has 0 radical (unpaired) electrons. The van der Waals surface area contributed by atoms with E-state index in [1.807, 2.05) is 37.3 Å². The summed E-state index contributed by atoms with van der Waals surface area (Å²) < 4.78 is 0. The van der Waals surface area contributed by atoms with Crippen molar-refractivity contribution in [3.8, 4) is 0 Å². The summed E-state index contributed by atoms with van der Waals surface area (Å²) in [5, 5.41) is 24.6. The number of hydrogen-bond acceptors (Lipinski definition) is 5. The molecule has 3 rings (SSSR count). The molecule has 9 heteroatoms. The van der Waals surface area contributed by atoms with Crippen LogP contribution in [0, 0.1) is 0 Å². The molecule has 3 aromatic rings. The smallest absolute Gasteiger partial charge is 0.320 e. The van der Waals surface area contributed by atoms with Gasteiger partial charge in [-0.15, -0.1) is 0 Å². The molecular weight excluding hydrogens is 360 g/mol. The minimum absolute atomic E-state index is 0.125. The maximum Gasteiger partial charge on any atom is 0.320 e. The zero-order valence-corrected chi connectivity index (χ0v) is 15.6. The van der Waals surface area contributed by atoms with E-state index in [1.54, 1.807) is 13.0 Å². The summed E-state index contributed by atoms with van der Waals surface area (Å²) in [5.41, 5.74) is 1.72. The number of pyridine rings is 1. The lowest BCUT2D eigenvalue weighted by molar-refractivity contribution is 0.0920. The van der Waals surface area contributed by atoms with Gasteiger partial charge in [-0.1, -0.05) is 30.3 Å². The maximum absolute atomic E-state index is 12.2. The number of aliphatic hydroxyl groups is 1. The average Bonchev–Trinajstić information content (AvgIpc) is 3.10. The first-order valence-corrected chi connectivity index (χ1v) is 8.87. The molecule has 0 fully saturated rings. The van der Waals surface area contributed by atoms with Crippen LogP contribution in [0.1, 0.15) is 35.9 Å². The van der Waals surface area contributed by atoms with E-state index in [0.29, 0.717) is 16.7 Å². The molecule has 0 spiro atoms. The quantitative estimate of drug-likeness (QED) is 0.444. The van der Waals surface area contributed by atoms with Gasteiger partial charge >= 0.3 is 6.03 Å². The second-order valence-electron chi connectivity index (χ2n) is 6.48. The number of aromatic nitrogens is 3. The van der Waals surface area contributed by atoms with Crippen molar-refractivity contribution in [2.75, 3.05) is 11.9 Å². The summed E-state index contributed by atoms with van der Waals surface area (Å²) in [7, 11) is 0. The van der Waals surface area contributed by atoms with Gasteiger partial charge in [0.05, 0.1) is 23.0 Å². The number of aromatic amines is 1. The van der Waals surface area contributed by atoms with Crippen molar-refractivity contribution in [1.29, 1.82) is 0 Å². The number of fused-ring (bicyclic) bond motifs is 1. The molecule has 0 aliphatic carbocycles. The summed E-state index contributed by atoms with van der Waals surface area (Å²) in [6, 6.07) is 10.6. The molecule has 2 aromatic heterocycles. The van der Waals surface area contributed by atoms with Crippen LogP contribution in [-0.4, -0.2) is 44.9 Å². The number of amides is 3. The van der Waals surface area contributed by atoms with Crippen LogP contribution in [0.3, 0.4) is 0 Å². The summed E-state index contributed by atoms with van der Waals surface area (Å²) in [6.45, 7) is 3.59. The number of carbonyl (C=O) groups excluding carboxylic acids is 2. The van der Waals surface area contributed by atoms with E-state index >= 15 is 0 Å². The van der Waals surface area contributed by atoms with E-state index < -0.39 is 18.0 Å². The third kappa shape index (κ3) is 4.63. The van der Waals surface area contributed by atoms with Crippen molar-refractivity contribution in [3.63, 3.8) is 0 Å². The standard InChI is InChI=1S/C19H22N6O3/c1-11(26)9-21-18(27)17-14-10-20-16(8-15(14)24-25-17)23-19(28)22-12(2)13-6-4-3-5-7-13/h3-8,10-12,26H,9H2,1-2H3,(H,21,27)(H,24,25)(H2,20,22,23,28)/t11?,12-/m1/s1. The predicted molar refractivity (Wildman–Crippen MR) is 105 cm³/mol. The Morgan fingerprint density at radius 1 is 1.21 bits per heavy atom. The van der Waals surface area contributed by atoms with Gasteiger partial charge in [-0.05, 0) is 19.4 Å². The van der Waals surface area contributed by atoms with Crippen molar-refractivity contribution in [2.24, 2.45) is 0 Å². The van der Waals surface area contributed by atoms with Crippen LogP contribution in [0.15, 0.2) is 42.6 Å². The second-order valence-corrected chi connectivity index (χ2v) is 6.48. The monoisotopic (exact) mass is 382 g/mol. The molecule has 0 bridgehead atoms. The Morgan fingerprint density at radius 2 is 1.96 bits per heavy atom. The number of nitrogens with one attached hydrogen (secondary N) is 4. The number of nitrogens with zero attached hydrogens (tertiary/aromatic N) is 2. The number of rotatable bonds is 6. The number of benzene rings is 1. The Hall–Kier alpha value is -3.46. The molecule has 0 aliphatic rings. The topological polar surface area (TPSA) is 132 Å². The second kappa shape index (κ2) is 8.49. The summed E-state index contributed by atoms with van der Waals surface area (Å²) in [5.74, 6) is -0.0889. The molecule has 0 aliphatic heterocycles. The highest BCUT2D eigenvalue weighted by Gasteiger charge is 2.16. The van der Waals surface area contributed by atoms with E-state index in [2.05, 4.69) is 31.1 Å². The van der Waals surface area contributed by atoms with E-state index in [-0.39, 0.29) is 18.3 Å². The lowest BCUT2D eigenvalue weighted by Gasteiger charge is -2.14. The average molecular weight is 382 g/mol. The molecule has 1 unspecified atom stereocenters. The summed E-state index contributed by atoms with van der Waals surface area (Å²) in [4.78, 5) is 28.5. The van der Waals surface area contributed by atoms with Gasteiger partial charge in [0.1, 0.15) is 5.82 Å². The minimum Gasteiger partial charge on any atom is -0.392 e. The van der Waals surface area contributed by atoms with E-state index in [0.717, 1.165) is 5.56 Å². The van der Waals surface area contributed by atoms with Gasteiger partial charge in [-0.2, -0.15) is 5.10 Å². The largest absolute Gasteiger partial charge is 0.392 e. The van der Waals surface area contributed by atoms with Gasteiger partial charge in [0.15, 0.2) is 5.69 Å². The fourth-order valence-electron chi connectivity index (χ4n) is 2.65. The highest BCUT2D eigenvalue weighted by molar-refractivity contribution is 6.05. The third-order valence-corrected chi connectivity index (χ3v) is 4.11. The van der Waals surface area contributed by atoms with Gasteiger partial charge in [0, 0.05) is 18.8 Å². The lowest BCUT2D eigenvalue weighted by Crippen LogP contribution is -2.31. The maximum atomic E-state index is 12.2. The highest BCUT2D eigenvalue weighted by atomic mass is 16.3. The van der Waals surface area contributed by atoms with Gasteiger partial charge in [0.25, 0.3) is 5.91 Å². The minimum atomic E-state index is -0.653. The first kappa shape index (κ1) is 19.3. The third-order valence-electron chi connectivity index (χ3n) is 4.11. The van der Waals surface area contributed by atoms with Gasteiger partial charge in [-0.25, -0.2) is 9.78 Å². The Morgan fingerprint density at radius 3 is 2.68 bits per heavy atom. The predicted octanol–water partition coefficient (Wildman–Crippen LogP) is 1.95. The number of aliphatic hydroxyl groups excluding tert-OH is 1. The van der Waals surface area contributed by atoms with Crippen LogP contribution in [0.25, 0.3) is 10.9 Å². The fourth-order valence-corrected chi connectivity index (χ4v) is 2.65. The van der Waals surface area contributed by atoms with Crippen molar-refractivity contribution in [2.45, 2.75) is 26.0 Å². The molecule has 28 heavy (non-hydrogen) atoms. The summed E-state index contributed by atoms with van der Waals surface area (Å²) >= 11 is 0. The zero-order valence-electron chi connectivity index (χ0n) is 15.6. The van der Waals surface area contributed by atoms with Gasteiger partial charge in [-0.3, -0.25) is 15.2 Å².